The third-order valence-electron chi connectivity index (χ3n) is 2.04. The zero-order valence-corrected chi connectivity index (χ0v) is 8.54. The zero-order chi connectivity index (χ0) is 11.2. The second-order valence-electron chi connectivity index (χ2n) is 3.15. The van der Waals surface area contributed by atoms with Crippen LogP contribution in [-0.4, -0.2) is 16.0 Å². The fourth-order valence-corrected chi connectivity index (χ4v) is 1.29. The molecule has 0 fully saturated rings. The van der Waals surface area contributed by atoms with E-state index in [0.717, 1.165) is 11.3 Å². The Balaban J connectivity index is 2.34. The van der Waals surface area contributed by atoms with E-state index in [9.17, 15) is 0 Å². The zero-order valence-electron chi connectivity index (χ0n) is 8.54. The molecule has 0 amide bonds. The minimum atomic E-state index is 0.374. The van der Waals surface area contributed by atoms with Crippen LogP contribution in [0.25, 0.3) is 0 Å². The Hall–Kier alpha value is -2.20. The van der Waals surface area contributed by atoms with Crippen LogP contribution in [-0.2, 0) is 0 Å². The molecule has 1 aromatic heterocycles. The molecule has 0 radical (unpaired) electrons. The van der Waals surface area contributed by atoms with Gasteiger partial charge in [0.2, 0.25) is 0 Å². The van der Waals surface area contributed by atoms with Crippen LogP contribution < -0.4 is 5.48 Å². The van der Waals surface area contributed by atoms with Crippen molar-refractivity contribution in [1.29, 1.82) is 0 Å². The lowest BCUT2D eigenvalue weighted by atomic mass is 10.2. The van der Waals surface area contributed by atoms with Crippen molar-refractivity contribution in [1.82, 2.24) is 10.5 Å². The minimum absolute atomic E-state index is 0.374. The van der Waals surface area contributed by atoms with Crippen LogP contribution in [0.4, 0.5) is 5.69 Å². The molecule has 80 valence electrons. The summed E-state index contributed by atoms with van der Waals surface area (Å²) in [6.45, 7) is 0. The van der Waals surface area contributed by atoms with Crippen LogP contribution >= 0.6 is 0 Å². The van der Waals surface area contributed by atoms with Crippen molar-refractivity contribution in [3.05, 3.63) is 60.4 Å². The van der Waals surface area contributed by atoms with Gasteiger partial charge in [-0.05, 0) is 24.3 Å². The van der Waals surface area contributed by atoms with E-state index in [4.69, 9.17) is 5.21 Å². The quantitative estimate of drug-likeness (QED) is 0.456. The minimum Gasteiger partial charge on any atom is -0.290 e. The second kappa shape index (κ2) is 5.04. The Labute approximate surface area is 93.3 Å². The summed E-state index contributed by atoms with van der Waals surface area (Å²) in [5.41, 5.74) is 3.57. The molecule has 4 nitrogen and oxygen atoms in total. The van der Waals surface area contributed by atoms with Gasteiger partial charge in [-0.3, -0.25) is 15.7 Å². The van der Waals surface area contributed by atoms with Gasteiger partial charge in [-0.1, -0.05) is 18.2 Å². The summed E-state index contributed by atoms with van der Waals surface area (Å²) in [5, 5.41) is 9.03. The van der Waals surface area contributed by atoms with Crippen molar-refractivity contribution < 1.29 is 5.21 Å². The maximum atomic E-state index is 9.03. The van der Waals surface area contributed by atoms with Crippen molar-refractivity contribution >= 4 is 11.5 Å². The molecule has 1 aromatic carbocycles. The number of aromatic nitrogens is 1. The maximum Gasteiger partial charge on any atom is 0.158 e. The lowest BCUT2D eigenvalue weighted by Gasteiger charge is -2.03. The van der Waals surface area contributed by atoms with Crippen LogP contribution in [0.5, 0.6) is 0 Å². The molecule has 4 heteroatoms. The van der Waals surface area contributed by atoms with E-state index < -0.39 is 0 Å². The second-order valence-corrected chi connectivity index (χ2v) is 3.15. The highest BCUT2D eigenvalue weighted by molar-refractivity contribution is 5.99. The first-order chi connectivity index (χ1) is 7.90. The average Bonchev–Trinajstić information content (AvgIpc) is 2.38. The van der Waals surface area contributed by atoms with Crippen LogP contribution in [0.15, 0.2) is 59.9 Å². The Morgan fingerprint density at radius 1 is 1.12 bits per heavy atom. The van der Waals surface area contributed by atoms with E-state index in [1.807, 2.05) is 36.4 Å². The molecule has 1 heterocycles. The van der Waals surface area contributed by atoms with Gasteiger partial charge < -0.3 is 0 Å². The molecule has 0 atom stereocenters. The van der Waals surface area contributed by atoms with Gasteiger partial charge in [0.15, 0.2) is 5.84 Å². The fraction of sp³-hybridized carbons (Fsp3) is 0. The Bertz CT molecular complexity index is 468. The number of amidine groups is 1. The molecule has 0 aliphatic rings. The first-order valence-electron chi connectivity index (χ1n) is 4.84. The summed E-state index contributed by atoms with van der Waals surface area (Å²) >= 11 is 0. The first kappa shape index (κ1) is 10.3. The van der Waals surface area contributed by atoms with Gasteiger partial charge in [0.05, 0.1) is 5.69 Å². The molecular weight excluding hydrogens is 202 g/mol. The average molecular weight is 213 g/mol. The van der Waals surface area contributed by atoms with Crippen LogP contribution in [0.3, 0.4) is 0 Å². The normalized spacial score (nSPS) is 11.2. The summed E-state index contributed by atoms with van der Waals surface area (Å²) < 4.78 is 0. The van der Waals surface area contributed by atoms with E-state index >= 15 is 0 Å². The fourth-order valence-electron chi connectivity index (χ4n) is 1.29. The lowest BCUT2D eigenvalue weighted by Crippen LogP contribution is -2.19. The van der Waals surface area contributed by atoms with Gasteiger partial charge in [0.1, 0.15) is 0 Å². The largest absolute Gasteiger partial charge is 0.290 e. The standard InChI is InChI=1S/C12H11N3O/c16-15-12(10-5-4-8-13-9-10)14-11-6-2-1-3-7-11/h1-9,16H,(H,14,15). The number of benzene rings is 1. The third kappa shape index (κ3) is 2.43. The number of rotatable bonds is 2. The van der Waals surface area contributed by atoms with E-state index in [2.05, 4.69) is 15.5 Å². The number of nitrogens with one attached hydrogen (secondary N) is 1. The molecular formula is C12H11N3O. The van der Waals surface area contributed by atoms with Crippen molar-refractivity contribution in [3.63, 3.8) is 0 Å². The van der Waals surface area contributed by atoms with Crippen molar-refractivity contribution in [3.8, 4) is 0 Å². The number of hydrogen-bond donors (Lipinski definition) is 2. The molecule has 0 spiro atoms. The summed E-state index contributed by atoms with van der Waals surface area (Å²) in [6.07, 6.45) is 3.30. The topological polar surface area (TPSA) is 57.5 Å². The van der Waals surface area contributed by atoms with E-state index in [1.54, 1.807) is 18.5 Å². The highest BCUT2D eigenvalue weighted by atomic mass is 16.5. The van der Waals surface area contributed by atoms with E-state index in [0.29, 0.717) is 5.84 Å². The first-order valence-corrected chi connectivity index (χ1v) is 4.84. The molecule has 0 saturated carbocycles. The number of para-hydroxylation sites is 1. The Kier molecular flexibility index (Phi) is 3.25. The number of pyridine rings is 1. The molecule has 0 saturated heterocycles. The van der Waals surface area contributed by atoms with Crippen LogP contribution in [0.2, 0.25) is 0 Å². The van der Waals surface area contributed by atoms with Crippen molar-refractivity contribution in [2.75, 3.05) is 0 Å². The Morgan fingerprint density at radius 3 is 2.56 bits per heavy atom. The van der Waals surface area contributed by atoms with Crippen LogP contribution in [0, 0.1) is 0 Å². The highest BCUT2D eigenvalue weighted by Crippen LogP contribution is 2.11. The maximum absolute atomic E-state index is 9.03. The SMILES string of the molecule is ONC(=Nc1ccccc1)c1cccnc1. The van der Waals surface area contributed by atoms with Gasteiger partial charge >= 0.3 is 0 Å². The Morgan fingerprint density at radius 2 is 1.94 bits per heavy atom. The summed E-state index contributed by atoms with van der Waals surface area (Å²) in [7, 11) is 0. The molecule has 16 heavy (non-hydrogen) atoms. The van der Waals surface area contributed by atoms with E-state index in [-0.39, 0.29) is 0 Å². The molecule has 0 aliphatic carbocycles. The number of aliphatic imine (C=N–C) groups is 1. The third-order valence-corrected chi connectivity index (χ3v) is 2.04. The van der Waals surface area contributed by atoms with Crippen molar-refractivity contribution in [2.45, 2.75) is 0 Å². The molecule has 0 unspecified atom stereocenters. The van der Waals surface area contributed by atoms with Gasteiger partial charge in [0.25, 0.3) is 0 Å². The highest BCUT2D eigenvalue weighted by Gasteiger charge is 2.01. The molecule has 0 aliphatic heterocycles. The predicted molar refractivity (Wildman–Crippen MR) is 61.8 cm³/mol. The predicted octanol–water partition coefficient (Wildman–Crippen LogP) is 2.14. The van der Waals surface area contributed by atoms with Gasteiger partial charge in [-0.2, -0.15) is 0 Å². The number of hydrogen-bond acceptors (Lipinski definition) is 3. The summed E-state index contributed by atoms with van der Waals surface area (Å²) in [5.74, 6) is 0.374. The molecule has 2 aromatic rings. The summed E-state index contributed by atoms with van der Waals surface area (Å²) in [4.78, 5) is 8.23. The number of hydroxylamine groups is 1. The van der Waals surface area contributed by atoms with Crippen LogP contribution in [0.1, 0.15) is 5.56 Å². The van der Waals surface area contributed by atoms with Gasteiger partial charge in [-0.25, -0.2) is 4.99 Å². The smallest absolute Gasteiger partial charge is 0.158 e. The summed E-state index contributed by atoms with van der Waals surface area (Å²) in [6, 6.07) is 13.0. The molecule has 0 bridgehead atoms. The molecule has 2 rings (SSSR count). The lowest BCUT2D eigenvalue weighted by molar-refractivity contribution is 0.235. The number of nitrogens with zero attached hydrogens (tertiary/aromatic N) is 2. The van der Waals surface area contributed by atoms with Crippen molar-refractivity contribution in [2.24, 2.45) is 4.99 Å². The monoisotopic (exact) mass is 213 g/mol. The van der Waals surface area contributed by atoms with E-state index in [1.165, 1.54) is 0 Å². The molecule has 2 N–H and O–H groups in total. The van der Waals surface area contributed by atoms with Gasteiger partial charge in [-0.15, -0.1) is 0 Å². The van der Waals surface area contributed by atoms with Gasteiger partial charge in [0, 0.05) is 18.0 Å².